The number of benzene rings is 1. The Morgan fingerprint density at radius 3 is 2.79 bits per heavy atom. The van der Waals surface area contributed by atoms with Crippen LogP contribution in [0.25, 0.3) is 11.3 Å². The SMILES string of the molecule is C#CCn1c(CC)nc(-c2ccc(F)c(C)c2)c1N. The van der Waals surface area contributed by atoms with E-state index >= 15 is 0 Å². The number of aryl methyl sites for hydroxylation is 2. The van der Waals surface area contributed by atoms with Crippen molar-refractivity contribution < 1.29 is 4.39 Å². The minimum Gasteiger partial charge on any atom is -0.383 e. The van der Waals surface area contributed by atoms with Crippen molar-refractivity contribution in [3.8, 4) is 23.6 Å². The molecule has 0 fully saturated rings. The van der Waals surface area contributed by atoms with Crippen LogP contribution in [-0.4, -0.2) is 9.55 Å². The van der Waals surface area contributed by atoms with E-state index in [0.29, 0.717) is 23.6 Å². The zero-order chi connectivity index (χ0) is 14.0. The van der Waals surface area contributed by atoms with E-state index in [1.54, 1.807) is 19.1 Å². The summed E-state index contributed by atoms with van der Waals surface area (Å²) in [5.41, 5.74) is 8.14. The molecule has 0 aliphatic rings. The van der Waals surface area contributed by atoms with Crippen LogP contribution in [0.2, 0.25) is 0 Å². The Bertz CT molecular complexity index is 650. The summed E-state index contributed by atoms with van der Waals surface area (Å²) in [7, 11) is 0. The molecule has 0 amide bonds. The average Bonchev–Trinajstić information content (AvgIpc) is 2.71. The van der Waals surface area contributed by atoms with Gasteiger partial charge in [-0.15, -0.1) is 6.42 Å². The Balaban J connectivity index is 2.56. The molecule has 2 aromatic rings. The number of hydrogen-bond acceptors (Lipinski definition) is 2. The van der Waals surface area contributed by atoms with Crippen LogP contribution in [0.1, 0.15) is 18.3 Å². The maximum atomic E-state index is 13.3. The third kappa shape index (κ3) is 2.32. The zero-order valence-corrected chi connectivity index (χ0v) is 11.1. The Hall–Kier alpha value is -2.28. The van der Waals surface area contributed by atoms with Crippen molar-refractivity contribution in [3.63, 3.8) is 0 Å². The van der Waals surface area contributed by atoms with Crippen molar-refractivity contribution in [2.24, 2.45) is 0 Å². The Morgan fingerprint density at radius 2 is 2.21 bits per heavy atom. The molecular formula is C15H16FN3. The standard InChI is InChI=1S/C15H16FN3/c1-4-8-19-13(5-2)18-14(15(19)17)11-6-7-12(16)10(3)9-11/h1,6-7,9H,5,8,17H2,2-3H3. The van der Waals surface area contributed by atoms with Gasteiger partial charge in [0.1, 0.15) is 23.2 Å². The predicted octanol–water partition coefficient (Wildman–Crippen LogP) is 2.78. The van der Waals surface area contributed by atoms with Gasteiger partial charge >= 0.3 is 0 Å². The van der Waals surface area contributed by atoms with Crippen LogP contribution in [-0.2, 0) is 13.0 Å². The smallest absolute Gasteiger partial charge is 0.132 e. The highest BCUT2D eigenvalue weighted by Crippen LogP contribution is 2.27. The molecule has 19 heavy (non-hydrogen) atoms. The van der Waals surface area contributed by atoms with Gasteiger partial charge in [0.05, 0.1) is 6.54 Å². The summed E-state index contributed by atoms with van der Waals surface area (Å²) in [6.45, 7) is 4.10. The minimum atomic E-state index is -0.235. The van der Waals surface area contributed by atoms with E-state index in [2.05, 4.69) is 10.9 Å². The molecule has 0 radical (unpaired) electrons. The van der Waals surface area contributed by atoms with Crippen molar-refractivity contribution in [1.82, 2.24) is 9.55 Å². The molecule has 3 nitrogen and oxygen atoms in total. The predicted molar refractivity (Wildman–Crippen MR) is 75.0 cm³/mol. The molecule has 98 valence electrons. The number of imidazole rings is 1. The van der Waals surface area contributed by atoms with Crippen LogP contribution < -0.4 is 5.73 Å². The normalized spacial score (nSPS) is 10.4. The topological polar surface area (TPSA) is 43.8 Å². The Morgan fingerprint density at radius 1 is 1.47 bits per heavy atom. The summed E-state index contributed by atoms with van der Waals surface area (Å²) in [6, 6.07) is 4.85. The van der Waals surface area contributed by atoms with Gasteiger partial charge in [-0.25, -0.2) is 9.37 Å². The van der Waals surface area contributed by atoms with E-state index in [1.165, 1.54) is 6.07 Å². The molecular weight excluding hydrogens is 241 g/mol. The molecule has 1 aromatic carbocycles. The monoisotopic (exact) mass is 257 g/mol. The van der Waals surface area contributed by atoms with Gasteiger partial charge in [0.15, 0.2) is 0 Å². The average molecular weight is 257 g/mol. The molecule has 0 saturated carbocycles. The van der Waals surface area contributed by atoms with Crippen LogP contribution in [0.5, 0.6) is 0 Å². The number of hydrogen-bond donors (Lipinski definition) is 1. The molecule has 4 heteroatoms. The lowest BCUT2D eigenvalue weighted by Crippen LogP contribution is -2.05. The molecule has 2 N–H and O–H groups in total. The number of nitrogens with zero attached hydrogens (tertiary/aromatic N) is 2. The van der Waals surface area contributed by atoms with Crippen LogP contribution >= 0.6 is 0 Å². The lowest BCUT2D eigenvalue weighted by Gasteiger charge is -2.04. The second-order valence-electron chi connectivity index (χ2n) is 4.37. The molecule has 0 unspecified atom stereocenters. The fourth-order valence-corrected chi connectivity index (χ4v) is 2.06. The molecule has 0 atom stereocenters. The van der Waals surface area contributed by atoms with E-state index in [0.717, 1.165) is 17.8 Å². The quantitative estimate of drug-likeness (QED) is 0.859. The zero-order valence-electron chi connectivity index (χ0n) is 11.1. The first kappa shape index (κ1) is 13.2. The fraction of sp³-hybridized carbons (Fsp3) is 0.267. The van der Waals surface area contributed by atoms with Crippen LogP contribution in [0.15, 0.2) is 18.2 Å². The van der Waals surface area contributed by atoms with Gasteiger partial charge in [-0.2, -0.15) is 0 Å². The maximum absolute atomic E-state index is 13.3. The largest absolute Gasteiger partial charge is 0.383 e. The van der Waals surface area contributed by atoms with E-state index in [4.69, 9.17) is 12.2 Å². The van der Waals surface area contributed by atoms with Crippen molar-refractivity contribution >= 4 is 5.82 Å². The maximum Gasteiger partial charge on any atom is 0.132 e. The molecule has 2 rings (SSSR count). The number of anilines is 1. The highest BCUT2D eigenvalue weighted by molar-refractivity contribution is 5.71. The molecule has 0 aliphatic carbocycles. The summed E-state index contributed by atoms with van der Waals surface area (Å²) in [5.74, 6) is 3.70. The molecule has 0 bridgehead atoms. The van der Waals surface area contributed by atoms with E-state index < -0.39 is 0 Å². The first-order valence-corrected chi connectivity index (χ1v) is 6.13. The third-order valence-electron chi connectivity index (χ3n) is 3.08. The van der Waals surface area contributed by atoms with Crippen LogP contribution in [0, 0.1) is 25.1 Å². The third-order valence-corrected chi connectivity index (χ3v) is 3.08. The highest BCUT2D eigenvalue weighted by atomic mass is 19.1. The lowest BCUT2D eigenvalue weighted by atomic mass is 10.1. The fourth-order valence-electron chi connectivity index (χ4n) is 2.06. The Labute approximate surface area is 112 Å². The Kier molecular flexibility index (Phi) is 3.57. The van der Waals surface area contributed by atoms with Gasteiger partial charge in [-0.1, -0.05) is 12.8 Å². The minimum absolute atomic E-state index is 0.235. The van der Waals surface area contributed by atoms with Gasteiger partial charge in [0.2, 0.25) is 0 Å². The summed E-state index contributed by atoms with van der Waals surface area (Å²) >= 11 is 0. The van der Waals surface area contributed by atoms with Gasteiger partial charge in [0, 0.05) is 12.0 Å². The van der Waals surface area contributed by atoms with Gasteiger partial charge < -0.3 is 10.3 Å². The van der Waals surface area contributed by atoms with Crippen molar-refractivity contribution in [1.29, 1.82) is 0 Å². The van der Waals surface area contributed by atoms with Crippen LogP contribution in [0.4, 0.5) is 10.2 Å². The second-order valence-corrected chi connectivity index (χ2v) is 4.37. The summed E-state index contributed by atoms with van der Waals surface area (Å²) < 4.78 is 15.1. The van der Waals surface area contributed by atoms with Crippen molar-refractivity contribution in [2.75, 3.05) is 5.73 Å². The number of nitrogens with two attached hydrogens (primary N) is 1. The number of halogens is 1. The summed E-state index contributed by atoms with van der Waals surface area (Å²) in [6.07, 6.45) is 6.08. The second kappa shape index (κ2) is 5.15. The number of rotatable bonds is 3. The molecule has 1 aromatic heterocycles. The first-order valence-electron chi connectivity index (χ1n) is 6.13. The van der Waals surface area contributed by atoms with E-state index in [1.807, 2.05) is 11.5 Å². The van der Waals surface area contributed by atoms with Gasteiger partial charge in [-0.3, -0.25) is 0 Å². The van der Waals surface area contributed by atoms with Crippen LogP contribution in [0.3, 0.4) is 0 Å². The molecule has 0 saturated heterocycles. The number of aromatic nitrogens is 2. The summed E-state index contributed by atoms with van der Waals surface area (Å²) in [5, 5.41) is 0. The van der Waals surface area contributed by atoms with Crippen molar-refractivity contribution in [2.45, 2.75) is 26.8 Å². The number of nitrogen functional groups attached to an aromatic ring is 1. The van der Waals surface area contributed by atoms with E-state index in [-0.39, 0.29) is 5.82 Å². The molecule has 1 heterocycles. The first-order chi connectivity index (χ1) is 9.08. The number of terminal acetylenes is 1. The van der Waals surface area contributed by atoms with E-state index in [9.17, 15) is 4.39 Å². The molecule has 0 spiro atoms. The van der Waals surface area contributed by atoms with Gasteiger partial charge in [-0.05, 0) is 30.7 Å². The molecule has 0 aliphatic heterocycles. The van der Waals surface area contributed by atoms with Crippen molar-refractivity contribution in [3.05, 3.63) is 35.4 Å². The highest BCUT2D eigenvalue weighted by Gasteiger charge is 2.15. The summed E-state index contributed by atoms with van der Waals surface area (Å²) in [4.78, 5) is 4.51. The lowest BCUT2D eigenvalue weighted by molar-refractivity contribution is 0.619. The van der Waals surface area contributed by atoms with Gasteiger partial charge in [0.25, 0.3) is 0 Å².